The van der Waals surface area contributed by atoms with Crippen LogP contribution in [0.1, 0.15) is 19.4 Å². The zero-order chi connectivity index (χ0) is 24.8. The Morgan fingerprint density at radius 2 is 1.88 bits per heavy atom. The summed E-state index contributed by atoms with van der Waals surface area (Å²) in [4.78, 5) is 26.9. The summed E-state index contributed by atoms with van der Waals surface area (Å²) < 4.78 is 45.3. The second-order valence-corrected chi connectivity index (χ2v) is 9.59. The number of anilines is 1. The van der Waals surface area contributed by atoms with Crippen molar-refractivity contribution in [3.05, 3.63) is 58.9 Å². The molecule has 0 aromatic heterocycles. The van der Waals surface area contributed by atoms with Crippen molar-refractivity contribution >= 4 is 39.1 Å². The van der Waals surface area contributed by atoms with E-state index in [1.807, 2.05) is 0 Å². The Bertz CT molecular complexity index is 1110. The lowest BCUT2D eigenvalue weighted by molar-refractivity contribution is -0.139. The maximum absolute atomic E-state index is 14.3. The number of carbonyl (C=O) groups excluding carboxylic acids is 2. The Morgan fingerprint density at radius 3 is 2.42 bits per heavy atom. The number of rotatable bonds is 10. The van der Waals surface area contributed by atoms with E-state index in [4.69, 9.17) is 16.3 Å². The van der Waals surface area contributed by atoms with Crippen molar-refractivity contribution in [1.82, 2.24) is 10.2 Å². The summed E-state index contributed by atoms with van der Waals surface area (Å²) >= 11 is 6.14. The van der Waals surface area contributed by atoms with E-state index in [-0.39, 0.29) is 22.8 Å². The number of hydrogen-bond donors (Lipinski definition) is 1. The molecule has 0 aliphatic carbocycles. The number of benzene rings is 2. The predicted molar refractivity (Wildman–Crippen MR) is 125 cm³/mol. The highest BCUT2D eigenvalue weighted by Gasteiger charge is 2.30. The molecular formula is C22H27ClFN3O5S. The van der Waals surface area contributed by atoms with Gasteiger partial charge >= 0.3 is 0 Å². The highest BCUT2D eigenvalue weighted by atomic mass is 35.5. The molecule has 0 heterocycles. The van der Waals surface area contributed by atoms with Gasteiger partial charge in [0.2, 0.25) is 21.8 Å². The molecule has 1 N–H and O–H groups in total. The molecule has 0 fully saturated rings. The first-order valence-corrected chi connectivity index (χ1v) is 12.3. The molecular weight excluding hydrogens is 473 g/mol. The van der Waals surface area contributed by atoms with E-state index in [0.717, 1.165) is 15.5 Å². The number of hydrogen-bond acceptors (Lipinski definition) is 5. The molecule has 2 rings (SSSR count). The lowest BCUT2D eigenvalue weighted by Crippen LogP contribution is -2.51. The molecule has 2 aromatic carbocycles. The zero-order valence-corrected chi connectivity index (χ0v) is 20.4. The Kier molecular flexibility index (Phi) is 9.07. The molecule has 8 nitrogen and oxygen atoms in total. The van der Waals surface area contributed by atoms with Crippen LogP contribution in [0, 0.1) is 5.82 Å². The first kappa shape index (κ1) is 26.4. The molecule has 33 heavy (non-hydrogen) atoms. The quantitative estimate of drug-likeness (QED) is 0.542. The lowest BCUT2D eigenvalue weighted by atomic mass is 10.1. The first-order chi connectivity index (χ1) is 15.5. The van der Waals surface area contributed by atoms with Gasteiger partial charge in [0.25, 0.3) is 0 Å². The smallest absolute Gasteiger partial charge is 0.244 e. The van der Waals surface area contributed by atoms with E-state index in [0.29, 0.717) is 12.3 Å². The Hall–Kier alpha value is -2.85. The van der Waals surface area contributed by atoms with Crippen molar-refractivity contribution < 1.29 is 27.1 Å². The number of halogens is 2. The van der Waals surface area contributed by atoms with Crippen LogP contribution in [0.4, 0.5) is 10.1 Å². The number of sulfonamides is 1. The van der Waals surface area contributed by atoms with Crippen LogP contribution >= 0.6 is 11.6 Å². The van der Waals surface area contributed by atoms with Gasteiger partial charge in [0.15, 0.2) is 0 Å². The molecule has 180 valence electrons. The Balaban J connectivity index is 2.42. The van der Waals surface area contributed by atoms with E-state index in [9.17, 15) is 22.4 Å². The fraction of sp³-hybridized carbons (Fsp3) is 0.364. The lowest BCUT2D eigenvalue weighted by Gasteiger charge is -2.31. The zero-order valence-electron chi connectivity index (χ0n) is 18.8. The summed E-state index contributed by atoms with van der Waals surface area (Å²) in [5.41, 5.74) is 0.341. The predicted octanol–water partition coefficient (Wildman–Crippen LogP) is 2.81. The summed E-state index contributed by atoms with van der Waals surface area (Å²) in [5, 5.41) is 2.79. The van der Waals surface area contributed by atoms with Crippen LogP contribution in [0.3, 0.4) is 0 Å². The van der Waals surface area contributed by atoms with Gasteiger partial charge in [0.05, 0.1) is 24.1 Å². The first-order valence-electron chi connectivity index (χ1n) is 10.1. The minimum Gasteiger partial charge on any atom is -0.495 e. The van der Waals surface area contributed by atoms with Gasteiger partial charge in [0.1, 0.15) is 24.2 Å². The molecule has 0 aliphatic heterocycles. The number of likely N-dealkylation sites (N-methyl/N-ethyl adjacent to an activating group) is 1. The standard InChI is InChI=1S/C22H27ClFN3O5S/c1-5-25-22(29)15(2)26(13-16-8-6-7-9-19(16)24)21(28)14-27(33(4,30)31)17-10-11-20(32-3)18(23)12-17/h6-12,15H,5,13-14H2,1-4H3,(H,25,29). The number of methoxy groups -OCH3 is 1. The average Bonchev–Trinajstić information content (AvgIpc) is 2.75. The number of ether oxygens (including phenoxy) is 1. The molecule has 0 bridgehead atoms. The highest BCUT2D eigenvalue weighted by molar-refractivity contribution is 7.92. The number of nitrogens with zero attached hydrogens (tertiary/aromatic N) is 2. The molecule has 0 aliphatic rings. The normalized spacial score (nSPS) is 12.1. The minimum atomic E-state index is -3.91. The van der Waals surface area contributed by atoms with Crippen LogP contribution in [-0.2, 0) is 26.2 Å². The maximum atomic E-state index is 14.3. The SMILES string of the molecule is CCNC(=O)C(C)N(Cc1ccccc1F)C(=O)CN(c1ccc(OC)c(Cl)c1)S(C)(=O)=O. The summed E-state index contributed by atoms with van der Waals surface area (Å²) in [6.07, 6.45) is 0.951. The van der Waals surface area contributed by atoms with Crippen molar-refractivity contribution in [1.29, 1.82) is 0 Å². The van der Waals surface area contributed by atoms with Crippen LogP contribution in [0.15, 0.2) is 42.5 Å². The van der Waals surface area contributed by atoms with Crippen LogP contribution in [0.5, 0.6) is 5.75 Å². The van der Waals surface area contributed by atoms with Crippen LogP contribution in [0.25, 0.3) is 0 Å². The molecule has 1 unspecified atom stereocenters. The molecule has 1 atom stereocenters. The van der Waals surface area contributed by atoms with Gasteiger partial charge in [-0.25, -0.2) is 12.8 Å². The van der Waals surface area contributed by atoms with E-state index in [1.54, 1.807) is 13.0 Å². The molecule has 0 saturated heterocycles. The molecule has 0 radical (unpaired) electrons. The topological polar surface area (TPSA) is 96.0 Å². The summed E-state index contributed by atoms with van der Waals surface area (Å²) in [6, 6.07) is 9.19. The third kappa shape index (κ3) is 6.82. The van der Waals surface area contributed by atoms with Crippen LogP contribution in [0.2, 0.25) is 5.02 Å². The third-order valence-corrected chi connectivity index (χ3v) is 6.36. The van der Waals surface area contributed by atoms with Crippen molar-refractivity contribution in [3.8, 4) is 5.75 Å². The van der Waals surface area contributed by atoms with Gasteiger partial charge in [0, 0.05) is 18.7 Å². The summed E-state index contributed by atoms with van der Waals surface area (Å²) in [7, 11) is -2.49. The maximum Gasteiger partial charge on any atom is 0.244 e. The molecule has 0 spiro atoms. The van der Waals surface area contributed by atoms with Crippen molar-refractivity contribution in [3.63, 3.8) is 0 Å². The van der Waals surface area contributed by atoms with Gasteiger partial charge in [-0.1, -0.05) is 29.8 Å². The minimum absolute atomic E-state index is 0.146. The van der Waals surface area contributed by atoms with E-state index < -0.39 is 40.2 Å². The van der Waals surface area contributed by atoms with Gasteiger partial charge in [-0.15, -0.1) is 0 Å². The summed E-state index contributed by atoms with van der Waals surface area (Å²) in [6.45, 7) is 2.74. The second kappa shape index (κ2) is 11.3. The van der Waals surface area contributed by atoms with Gasteiger partial charge in [-0.05, 0) is 38.1 Å². The largest absolute Gasteiger partial charge is 0.495 e. The van der Waals surface area contributed by atoms with Gasteiger partial charge in [-0.3, -0.25) is 13.9 Å². The van der Waals surface area contributed by atoms with Crippen LogP contribution in [-0.4, -0.2) is 57.6 Å². The van der Waals surface area contributed by atoms with Crippen molar-refractivity contribution in [2.75, 3.05) is 30.8 Å². The fourth-order valence-corrected chi connectivity index (χ4v) is 4.23. The summed E-state index contributed by atoms with van der Waals surface area (Å²) in [5.74, 6) is -1.33. The average molecular weight is 500 g/mol. The van der Waals surface area contributed by atoms with Crippen molar-refractivity contribution in [2.24, 2.45) is 0 Å². The molecule has 2 aromatic rings. The van der Waals surface area contributed by atoms with E-state index in [1.165, 1.54) is 50.4 Å². The van der Waals surface area contributed by atoms with Crippen LogP contribution < -0.4 is 14.4 Å². The van der Waals surface area contributed by atoms with Gasteiger partial charge < -0.3 is 15.0 Å². The third-order valence-electron chi connectivity index (χ3n) is 4.92. The second-order valence-electron chi connectivity index (χ2n) is 7.27. The molecule has 11 heteroatoms. The monoisotopic (exact) mass is 499 g/mol. The molecule has 2 amide bonds. The number of nitrogens with one attached hydrogen (secondary N) is 1. The number of amides is 2. The Morgan fingerprint density at radius 1 is 1.21 bits per heavy atom. The van der Waals surface area contributed by atoms with Gasteiger partial charge in [-0.2, -0.15) is 0 Å². The highest BCUT2D eigenvalue weighted by Crippen LogP contribution is 2.30. The van der Waals surface area contributed by atoms with E-state index >= 15 is 0 Å². The fourth-order valence-electron chi connectivity index (χ4n) is 3.14. The number of carbonyl (C=O) groups is 2. The van der Waals surface area contributed by atoms with Crippen molar-refractivity contribution in [2.45, 2.75) is 26.4 Å². The van der Waals surface area contributed by atoms with E-state index in [2.05, 4.69) is 5.32 Å². The Labute approximate surface area is 198 Å². The molecule has 0 saturated carbocycles.